The molecule has 0 unspecified atom stereocenters. The Bertz CT molecular complexity index is 1210. The van der Waals surface area contributed by atoms with Crippen LogP contribution in [-0.2, 0) is 4.79 Å². The van der Waals surface area contributed by atoms with Gasteiger partial charge in [-0.2, -0.15) is 4.37 Å². The van der Waals surface area contributed by atoms with E-state index in [-0.39, 0.29) is 22.2 Å². The Morgan fingerprint density at radius 3 is 2.17 bits per heavy atom. The molecule has 0 saturated heterocycles. The highest BCUT2D eigenvalue weighted by Gasteiger charge is 2.36. The van der Waals surface area contributed by atoms with Gasteiger partial charge in [-0.1, -0.05) is 44.2 Å². The van der Waals surface area contributed by atoms with Crippen LogP contribution in [0.25, 0.3) is 0 Å². The van der Waals surface area contributed by atoms with Crippen molar-refractivity contribution in [1.29, 1.82) is 0 Å². The number of nitrogen functional groups attached to an aromatic ring is 1. The van der Waals surface area contributed by atoms with Crippen LogP contribution < -0.4 is 26.6 Å². The van der Waals surface area contributed by atoms with E-state index in [4.69, 9.17) is 11.5 Å². The van der Waals surface area contributed by atoms with Gasteiger partial charge in [0.05, 0.1) is 5.69 Å². The number of benzene rings is 2. The summed E-state index contributed by atoms with van der Waals surface area (Å²) in [5.74, 6) is -1.30. The second kappa shape index (κ2) is 11.7. The van der Waals surface area contributed by atoms with Crippen molar-refractivity contribution in [1.82, 2.24) is 9.69 Å². The third-order valence-corrected chi connectivity index (χ3v) is 6.51. The predicted octanol–water partition coefficient (Wildman–Crippen LogP) is 3.44. The van der Waals surface area contributed by atoms with E-state index in [9.17, 15) is 14.4 Å². The van der Waals surface area contributed by atoms with E-state index in [1.54, 1.807) is 24.3 Å². The minimum Gasteiger partial charge on any atom is -0.395 e. The molecule has 1 atom stereocenters. The molecule has 9 nitrogen and oxygen atoms in total. The zero-order valence-electron chi connectivity index (χ0n) is 20.9. The van der Waals surface area contributed by atoms with Crippen molar-refractivity contribution >= 4 is 46.3 Å². The van der Waals surface area contributed by atoms with Gasteiger partial charge in [-0.05, 0) is 53.7 Å². The predicted molar refractivity (Wildman–Crippen MR) is 144 cm³/mol. The van der Waals surface area contributed by atoms with Crippen molar-refractivity contribution in [3.63, 3.8) is 0 Å². The second-order valence-electron chi connectivity index (χ2n) is 9.01. The lowest BCUT2D eigenvalue weighted by Gasteiger charge is -2.31. The number of nitrogens with one attached hydrogen (secondary N) is 1. The lowest BCUT2D eigenvalue weighted by molar-refractivity contribution is -0.122. The molecule has 0 saturated carbocycles. The Kier molecular flexibility index (Phi) is 8.65. The summed E-state index contributed by atoms with van der Waals surface area (Å²) in [6.45, 7) is 4.62. The smallest absolute Gasteiger partial charge is 0.273 e. The molecule has 10 heteroatoms. The summed E-state index contributed by atoms with van der Waals surface area (Å²) < 4.78 is 3.98. The van der Waals surface area contributed by atoms with E-state index in [1.165, 1.54) is 4.90 Å². The fourth-order valence-electron chi connectivity index (χ4n) is 3.66. The average Bonchev–Trinajstić information content (AvgIpc) is 3.24. The summed E-state index contributed by atoms with van der Waals surface area (Å²) in [6.07, 6.45) is 0.793. The number of nitrogens with zero attached hydrogens (tertiary/aromatic N) is 3. The number of hydrogen-bond donors (Lipinski definition) is 3. The van der Waals surface area contributed by atoms with E-state index in [2.05, 4.69) is 23.5 Å². The normalized spacial score (nSPS) is 11.7. The third-order valence-electron chi connectivity index (χ3n) is 5.66. The highest BCUT2D eigenvalue weighted by Crippen LogP contribution is 2.33. The molecule has 0 radical (unpaired) electrons. The highest BCUT2D eigenvalue weighted by molar-refractivity contribution is 7.09. The maximum absolute atomic E-state index is 14.0. The number of carbonyl (C=O) groups excluding carboxylic acids is 3. The standard InChI is InChI=1S/C26H32N6O3S/c1-16(2)14-15-29-25(34)22(17-10-12-18(13-11-17)31(3)4)32(19-8-6-5-7-9-19)26(35)23-20(27)21(24(28)33)30-36-23/h5-13,16,22H,14-15,27H2,1-4H3,(H2,28,33)(H,29,34)/t22-/m1/s1. The quantitative estimate of drug-likeness (QED) is 0.384. The van der Waals surface area contributed by atoms with Crippen LogP contribution in [0.15, 0.2) is 54.6 Å². The summed E-state index contributed by atoms with van der Waals surface area (Å²) >= 11 is 0.783. The van der Waals surface area contributed by atoms with Crippen LogP contribution >= 0.6 is 11.5 Å². The molecule has 3 amide bonds. The molecule has 0 aliphatic heterocycles. The zero-order chi connectivity index (χ0) is 26.4. The van der Waals surface area contributed by atoms with Gasteiger partial charge in [0.1, 0.15) is 10.9 Å². The molecule has 36 heavy (non-hydrogen) atoms. The number of primary amides is 1. The fraction of sp³-hybridized carbons (Fsp3) is 0.308. The lowest BCUT2D eigenvalue weighted by atomic mass is 10.0. The average molecular weight is 509 g/mol. The van der Waals surface area contributed by atoms with E-state index in [0.717, 1.165) is 23.6 Å². The monoisotopic (exact) mass is 508 g/mol. The van der Waals surface area contributed by atoms with Gasteiger partial charge in [0, 0.05) is 32.0 Å². The summed E-state index contributed by atoms with van der Waals surface area (Å²) in [5, 5.41) is 2.98. The third kappa shape index (κ3) is 6.01. The molecular formula is C26H32N6O3S. The van der Waals surface area contributed by atoms with Crippen molar-refractivity contribution in [3.8, 4) is 0 Å². The molecule has 1 heterocycles. The van der Waals surface area contributed by atoms with Crippen LogP contribution in [0.4, 0.5) is 17.1 Å². The molecule has 0 aliphatic carbocycles. The molecule has 0 spiro atoms. The van der Waals surface area contributed by atoms with Crippen LogP contribution in [0.3, 0.4) is 0 Å². The lowest BCUT2D eigenvalue weighted by Crippen LogP contribution is -2.44. The molecule has 3 rings (SSSR count). The van der Waals surface area contributed by atoms with Crippen LogP contribution in [-0.4, -0.2) is 42.7 Å². The maximum Gasteiger partial charge on any atom is 0.273 e. The van der Waals surface area contributed by atoms with Crippen molar-refractivity contribution in [2.75, 3.05) is 36.2 Å². The van der Waals surface area contributed by atoms with Crippen molar-refractivity contribution in [3.05, 3.63) is 70.7 Å². The molecule has 0 aliphatic rings. The molecular weight excluding hydrogens is 476 g/mol. The van der Waals surface area contributed by atoms with Crippen LogP contribution in [0.5, 0.6) is 0 Å². The van der Waals surface area contributed by atoms with E-state index in [1.807, 2.05) is 49.3 Å². The Hall–Kier alpha value is -3.92. The number of para-hydroxylation sites is 1. The van der Waals surface area contributed by atoms with Gasteiger partial charge < -0.3 is 21.7 Å². The summed E-state index contributed by atoms with van der Waals surface area (Å²) in [6, 6.07) is 15.3. The fourth-order valence-corrected chi connectivity index (χ4v) is 4.41. The molecule has 3 aromatic rings. The zero-order valence-corrected chi connectivity index (χ0v) is 21.7. The van der Waals surface area contributed by atoms with E-state index < -0.39 is 17.9 Å². The van der Waals surface area contributed by atoms with Crippen molar-refractivity contribution < 1.29 is 14.4 Å². The Labute approximate surface area is 215 Å². The first-order valence-corrected chi connectivity index (χ1v) is 12.4. The summed E-state index contributed by atoms with van der Waals surface area (Å²) in [4.78, 5) is 42.7. The molecule has 1 aromatic heterocycles. The number of amides is 3. The van der Waals surface area contributed by atoms with Crippen molar-refractivity contribution in [2.45, 2.75) is 26.3 Å². The molecule has 0 bridgehead atoms. The van der Waals surface area contributed by atoms with Gasteiger partial charge >= 0.3 is 0 Å². The molecule has 2 aromatic carbocycles. The number of anilines is 3. The topological polar surface area (TPSA) is 135 Å². The van der Waals surface area contributed by atoms with Gasteiger partial charge in [0.15, 0.2) is 5.69 Å². The van der Waals surface area contributed by atoms with Crippen LogP contribution in [0.1, 0.15) is 52.0 Å². The molecule has 5 N–H and O–H groups in total. The van der Waals surface area contributed by atoms with Crippen molar-refractivity contribution in [2.24, 2.45) is 11.7 Å². The SMILES string of the molecule is CC(C)CCNC(=O)[C@@H](c1ccc(N(C)C)cc1)N(C(=O)c1snc(C(N)=O)c1N)c1ccccc1. The highest BCUT2D eigenvalue weighted by atomic mass is 32.1. The Morgan fingerprint density at radius 2 is 1.64 bits per heavy atom. The maximum atomic E-state index is 14.0. The molecule has 190 valence electrons. The largest absolute Gasteiger partial charge is 0.395 e. The van der Waals surface area contributed by atoms with Crippen LogP contribution in [0, 0.1) is 5.92 Å². The Morgan fingerprint density at radius 1 is 1.00 bits per heavy atom. The number of carbonyl (C=O) groups is 3. The summed E-state index contributed by atoms with van der Waals surface area (Å²) in [7, 11) is 3.85. The number of aromatic nitrogens is 1. The minimum absolute atomic E-state index is 0.0394. The Balaban J connectivity index is 2.13. The number of rotatable bonds is 10. The van der Waals surface area contributed by atoms with Gasteiger partial charge in [-0.3, -0.25) is 19.3 Å². The van der Waals surface area contributed by atoms with Gasteiger partial charge in [-0.25, -0.2) is 0 Å². The van der Waals surface area contributed by atoms with E-state index in [0.29, 0.717) is 23.7 Å². The first-order valence-electron chi connectivity index (χ1n) is 11.6. The number of nitrogens with two attached hydrogens (primary N) is 2. The first kappa shape index (κ1) is 26.7. The van der Waals surface area contributed by atoms with Crippen LogP contribution in [0.2, 0.25) is 0 Å². The van der Waals surface area contributed by atoms with Gasteiger partial charge in [-0.15, -0.1) is 0 Å². The van der Waals surface area contributed by atoms with Gasteiger partial charge in [0.25, 0.3) is 11.8 Å². The minimum atomic E-state index is -0.998. The number of hydrogen-bond acceptors (Lipinski definition) is 7. The summed E-state index contributed by atoms with van der Waals surface area (Å²) in [5.41, 5.74) is 13.3. The second-order valence-corrected chi connectivity index (χ2v) is 9.78. The van der Waals surface area contributed by atoms with Gasteiger partial charge in [0.2, 0.25) is 5.91 Å². The first-order chi connectivity index (χ1) is 17.1. The van der Waals surface area contributed by atoms with E-state index >= 15 is 0 Å². The molecule has 0 fully saturated rings.